The lowest BCUT2D eigenvalue weighted by Crippen LogP contribution is -2.31. The van der Waals surface area contributed by atoms with Gasteiger partial charge in [-0.1, -0.05) is 29.8 Å². The maximum Gasteiger partial charge on any atom is 0.266 e. The van der Waals surface area contributed by atoms with Gasteiger partial charge in [0.1, 0.15) is 0 Å². The Morgan fingerprint density at radius 3 is 2.61 bits per heavy atom. The first-order chi connectivity index (χ1) is 13.4. The first-order valence-corrected chi connectivity index (χ1v) is 10.2. The second-order valence-electron chi connectivity index (χ2n) is 6.17. The summed E-state index contributed by atoms with van der Waals surface area (Å²) in [6, 6.07) is 14.1. The zero-order valence-corrected chi connectivity index (χ0v) is 16.1. The Labute approximate surface area is 163 Å². The minimum Gasteiger partial charge on any atom is -0.268 e. The quantitative estimate of drug-likeness (QED) is 0.661. The molecule has 0 aliphatic carbocycles. The van der Waals surface area contributed by atoms with Crippen LogP contribution in [0.2, 0.25) is 0 Å². The highest BCUT2D eigenvalue weighted by Crippen LogP contribution is 2.12. The SMILES string of the molecule is Cc1ccc(C=CS(=O)(=O)NCCn2nc(-c3cccnc3)ccc2=O)cc1. The van der Waals surface area contributed by atoms with Crippen molar-refractivity contribution in [2.24, 2.45) is 0 Å². The molecule has 0 saturated heterocycles. The van der Waals surface area contributed by atoms with Crippen molar-refractivity contribution in [1.29, 1.82) is 0 Å². The fourth-order valence-corrected chi connectivity index (χ4v) is 3.27. The Hall–Kier alpha value is -3.10. The topological polar surface area (TPSA) is 93.9 Å². The highest BCUT2D eigenvalue weighted by atomic mass is 32.2. The summed E-state index contributed by atoms with van der Waals surface area (Å²) >= 11 is 0. The molecule has 3 aromatic rings. The second-order valence-corrected chi connectivity index (χ2v) is 7.83. The van der Waals surface area contributed by atoms with Crippen molar-refractivity contribution in [3.63, 3.8) is 0 Å². The normalized spacial score (nSPS) is 11.8. The van der Waals surface area contributed by atoms with Crippen LogP contribution in [0.4, 0.5) is 0 Å². The van der Waals surface area contributed by atoms with E-state index in [4.69, 9.17) is 0 Å². The molecule has 0 radical (unpaired) electrons. The molecule has 0 spiro atoms. The van der Waals surface area contributed by atoms with Crippen LogP contribution in [0.15, 0.2) is 71.1 Å². The summed E-state index contributed by atoms with van der Waals surface area (Å²) < 4.78 is 27.9. The molecule has 0 amide bonds. The molecular formula is C20H20N4O3S. The van der Waals surface area contributed by atoms with Gasteiger partial charge in [0, 0.05) is 36.0 Å². The molecule has 0 aliphatic rings. The van der Waals surface area contributed by atoms with Crippen LogP contribution in [0, 0.1) is 6.92 Å². The molecular weight excluding hydrogens is 376 g/mol. The second kappa shape index (κ2) is 8.73. The first-order valence-electron chi connectivity index (χ1n) is 8.66. The Bertz CT molecular complexity index is 1120. The van der Waals surface area contributed by atoms with Gasteiger partial charge in [-0.05, 0) is 36.8 Å². The molecule has 2 heterocycles. The summed E-state index contributed by atoms with van der Waals surface area (Å²) in [5.74, 6) is 0. The predicted molar refractivity (Wildman–Crippen MR) is 109 cm³/mol. The molecule has 28 heavy (non-hydrogen) atoms. The molecule has 0 bridgehead atoms. The molecule has 144 valence electrons. The van der Waals surface area contributed by atoms with Gasteiger partial charge in [0.25, 0.3) is 5.56 Å². The van der Waals surface area contributed by atoms with Crippen molar-refractivity contribution in [2.45, 2.75) is 13.5 Å². The number of hydrogen-bond acceptors (Lipinski definition) is 5. The fraction of sp³-hybridized carbons (Fsp3) is 0.150. The number of rotatable bonds is 7. The van der Waals surface area contributed by atoms with Gasteiger partial charge in [-0.25, -0.2) is 17.8 Å². The van der Waals surface area contributed by atoms with E-state index in [2.05, 4.69) is 14.8 Å². The molecule has 1 N–H and O–H groups in total. The van der Waals surface area contributed by atoms with Gasteiger partial charge in [0.2, 0.25) is 10.0 Å². The fourth-order valence-electron chi connectivity index (χ4n) is 2.46. The summed E-state index contributed by atoms with van der Waals surface area (Å²) in [4.78, 5) is 16.0. The van der Waals surface area contributed by atoms with Crippen molar-refractivity contribution in [3.05, 3.63) is 87.8 Å². The van der Waals surface area contributed by atoms with E-state index in [1.165, 1.54) is 16.8 Å². The van der Waals surface area contributed by atoms with Crippen LogP contribution in [0.5, 0.6) is 0 Å². The third-order valence-electron chi connectivity index (χ3n) is 3.97. The summed E-state index contributed by atoms with van der Waals surface area (Å²) in [5.41, 5.74) is 2.96. The largest absolute Gasteiger partial charge is 0.268 e. The summed E-state index contributed by atoms with van der Waals surface area (Å²) in [6.07, 6.45) is 4.82. The lowest BCUT2D eigenvalue weighted by Gasteiger charge is -2.07. The zero-order valence-electron chi connectivity index (χ0n) is 15.3. The number of hydrogen-bond donors (Lipinski definition) is 1. The molecule has 0 atom stereocenters. The number of pyridine rings is 1. The van der Waals surface area contributed by atoms with E-state index in [0.29, 0.717) is 5.69 Å². The minimum absolute atomic E-state index is 0.0456. The molecule has 0 unspecified atom stereocenters. The average Bonchev–Trinajstić information content (AvgIpc) is 2.70. The zero-order chi connectivity index (χ0) is 20.0. The average molecular weight is 396 g/mol. The van der Waals surface area contributed by atoms with Crippen LogP contribution < -0.4 is 10.3 Å². The van der Waals surface area contributed by atoms with Gasteiger partial charge < -0.3 is 0 Å². The molecule has 1 aromatic carbocycles. The van der Waals surface area contributed by atoms with Gasteiger partial charge in [-0.3, -0.25) is 9.78 Å². The lowest BCUT2D eigenvalue weighted by molar-refractivity contribution is 0.554. The number of sulfonamides is 1. The summed E-state index contributed by atoms with van der Waals surface area (Å²) in [6.45, 7) is 2.12. The lowest BCUT2D eigenvalue weighted by atomic mass is 10.2. The Morgan fingerprint density at radius 2 is 1.89 bits per heavy atom. The van der Waals surface area contributed by atoms with Crippen LogP contribution >= 0.6 is 0 Å². The Balaban J connectivity index is 1.64. The number of aryl methyl sites for hydroxylation is 1. The number of aromatic nitrogens is 3. The van der Waals surface area contributed by atoms with E-state index in [9.17, 15) is 13.2 Å². The van der Waals surface area contributed by atoms with Gasteiger partial charge >= 0.3 is 0 Å². The Kier molecular flexibility index (Phi) is 6.13. The van der Waals surface area contributed by atoms with Crippen molar-refractivity contribution < 1.29 is 8.42 Å². The van der Waals surface area contributed by atoms with Crippen molar-refractivity contribution in [2.75, 3.05) is 6.54 Å². The summed E-state index contributed by atoms with van der Waals surface area (Å²) in [5, 5.41) is 5.39. The summed E-state index contributed by atoms with van der Waals surface area (Å²) in [7, 11) is -3.62. The third-order valence-corrected chi connectivity index (χ3v) is 5.07. The van der Waals surface area contributed by atoms with Gasteiger partial charge in [-0.2, -0.15) is 5.10 Å². The minimum atomic E-state index is -3.62. The van der Waals surface area contributed by atoms with Gasteiger partial charge in [-0.15, -0.1) is 0 Å². The molecule has 0 aliphatic heterocycles. The smallest absolute Gasteiger partial charge is 0.266 e. The van der Waals surface area contributed by atoms with Crippen LogP contribution in [-0.2, 0) is 16.6 Å². The standard InChI is InChI=1S/C20H20N4O3S/c1-16-4-6-17(7-5-16)10-14-28(26,27)22-12-13-24-20(25)9-8-19(23-24)18-3-2-11-21-15-18/h2-11,14-15,22H,12-13H2,1H3. The van der Waals surface area contributed by atoms with Crippen LogP contribution in [-0.4, -0.2) is 29.7 Å². The van der Waals surface area contributed by atoms with E-state index in [0.717, 1.165) is 22.1 Å². The van der Waals surface area contributed by atoms with Crippen molar-refractivity contribution >= 4 is 16.1 Å². The van der Waals surface area contributed by atoms with Crippen LogP contribution in [0.3, 0.4) is 0 Å². The van der Waals surface area contributed by atoms with Crippen LogP contribution in [0.25, 0.3) is 17.3 Å². The molecule has 7 nitrogen and oxygen atoms in total. The number of nitrogens with zero attached hydrogens (tertiary/aromatic N) is 3. The first kappa shape index (κ1) is 19.7. The Morgan fingerprint density at radius 1 is 1.11 bits per heavy atom. The molecule has 0 fully saturated rings. The van der Waals surface area contributed by atoms with E-state index in [1.54, 1.807) is 24.5 Å². The van der Waals surface area contributed by atoms with E-state index in [-0.39, 0.29) is 18.6 Å². The molecule has 3 rings (SSSR count). The predicted octanol–water partition coefficient (Wildman–Crippen LogP) is 2.20. The van der Waals surface area contributed by atoms with Crippen molar-refractivity contribution in [1.82, 2.24) is 19.5 Å². The monoisotopic (exact) mass is 396 g/mol. The van der Waals surface area contributed by atoms with Crippen molar-refractivity contribution in [3.8, 4) is 11.3 Å². The van der Waals surface area contributed by atoms with E-state index >= 15 is 0 Å². The van der Waals surface area contributed by atoms with Gasteiger partial charge in [0.05, 0.1) is 12.2 Å². The number of benzene rings is 1. The van der Waals surface area contributed by atoms with Gasteiger partial charge in [0.15, 0.2) is 0 Å². The number of nitrogens with one attached hydrogen (secondary N) is 1. The maximum atomic E-state index is 12.1. The van der Waals surface area contributed by atoms with E-state index in [1.807, 2.05) is 37.3 Å². The van der Waals surface area contributed by atoms with Crippen LogP contribution in [0.1, 0.15) is 11.1 Å². The van der Waals surface area contributed by atoms with E-state index < -0.39 is 10.0 Å². The highest BCUT2D eigenvalue weighted by molar-refractivity contribution is 7.92. The molecule has 2 aromatic heterocycles. The molecule has 0 saturated carbocycles. The third kappa shape index (κ3) is 5.45. The highest BCUT2D eigenvalue weighted by Gasteiger charge is 2.07. The maximum absolute atomic E-state index is 12.1. The molecule has 8 heteroatoms.